The Labute approximate surface area is 77.0 Å². The Morgan fingerprint density at radius 3 is 2.69 bits per heavy atom. The number of aromatic nitrogens is 3. The van der Waals surface area contributed by atoms with Crippen LogP contribution in [-0.2, 0) is 0 Å². The van der Waals surface area contributed by atoms with E-state index in [1.807, 2.05) is 42.9 Å². The van der Waals surface area contributed by atoms with Gasteiger partial charge in [-0.05, 0) is 32.0 Å². The van der Waals surface area contributed by atoms with Crippen LogP contribution in [0.5, 0.6) is 0 Å². The van der Waals surface area contributed by atoms with Gasteiger partial charge >= 0.3 is 0 Å². The van der Waals surface area contributed by atoms with E-state index in [0.717, 1.165) is 17.1 Å². The summed E-state index contributed by atoms with van der Waals surface area (Å²) in [5, 5.41) is 4.15. The van der Waals surface area contributed by atoms with Crippen LogP contribution in [0.3, 0.4) is 0 Å². The lowest BCUT2D eigenvalue weighted by Gasteiger charge is -2.04. The number of nitrogens with zero attached hydrogens (tertiary/aromatic N) is 3. The van der Waals surface area contributed by atoms with E-state index in [1.165, 1.54) is 0 Å². The van der Waals surface area contributed by atoms with Crippen LogP contribution in [0, 0.1) is 13.8 Å². The minimum atomic E-state index is 1.00. The van der Waals surface area contributed by atoms with Gasteiger partial charge in [-0.1, -0.05) is 0 Å². The molecule has 0 aliphatic carbocycles. The summed E-state index contributed by atoms with van der Waals surface area (Å²) in [6.07, 6.45) is 3.68. The third kappa shape index (κ3) is 1.45. The summed E-state index contributed by atoms with van der Waals surface area (Å²) < 4.78 is 1.82. The molecule has 2 rings (SSSR count). The molecule has 2 aromatic rings. The molecule has 0 N–H and O–H groups in total. The first-order valence-corrected chi connectivity index (χ1v) is 4.21. The molecule has 3 heteroatoms. The Bertz CT molecular complexity index is 404. The Hall–Kier alpha value is -1.64. The highest BCUT2D eigenvalue weighted by Crippen LogP contribution is 2.10. The second kappa shape index (κ2) is 3.01. The minimum Gasteiger partial charge on any atom is -0.256 e. The average molecular weight is 173 g/mol. The molecule has 0 aliphatic heterocycles. The molecule has 2 heterocycles. The lowest BCUT2D eigenvalue weighted by Crippen LogP contribution is -1.99. The highest BCUT2D eigenvalue weighted by Gasteiger charge is 2.01. The van der Waals surface area contributed by atoms with E-state index in [-0.39, 0.29) is 0 Å². The predicted octanol–water partition coefficient (Wildman–Crippen LogP) is 1.88. The lowest BCUT2D eigenvalue weighted by molar-refractivity contribution is 0.858. The summed E-state index contributed by atoms with van der Waals surface area (Å²) >= 11 is 0. The van der Waals surface area contributed by atoms with E-state index in [2.05, 4.69) is 10.1 Å². The number of aryl methyl sites for hydroxylation is 2. The summed E-state index contributed by atoms with van der Waals surface area (Å²) in [5.41, 5.74) is 3.08. The number of pyridine rings is 1. The third-order valence-corrected chi connectivity index (χ3v) is 1.95. The molecule has 0 amide bonds. The van der Waals surface area contributed by atoms with Gasteiger partial charge in [0.2, 0.25) is 0 Å². The smallest absolute Gasteiger partial charge is 0.0858 e. The summed E-state index contributed by atoms with van der Waals surface area (Å²) in [4.78, 5) is 4.37. The summed E-state index contributed by atoms with van der Waals surface area (Å²) in [6.45, 7) is 3.98. The molecule has 0 fully saturated rings. The van der Waals surface area contributed by atoms with Gasteiger partial charge in [-0.2, -0.15) is 5.10 Å². The van der Waals surface area contributed by atoms with Crippen molar-refractivity contribution in [2.24, 2.45) is 0 Å². The second-order valence-electron chi connectivity index (χ2n) is 3.01. The minimum absolute atomic E-state index is 1.00. The number of hydrogen-bond acceptors (Lipinski definition) is 2. The van der Waals surface area contributed by atoms with Gasteiger partial charge in [0.15, 0.2) is 0 Å². The Kier molecular flexibility index (Phi) is 1.85. The van der Waals surface area contributed by atoms with E-state index < -0.39 is 0 Å². The molecule has 13 heavy (non-hydrogen) atoms. The van der Waals surface area contributed by atoms with Crippen molar-refractivity contribution in [3.05, 3.63) is 42.0 Å². The van der Waals surface area contributed by atoms with Crippen molar-refractivity contribution in [1.82, 2.24) is 14.8 Å². The van der Waals surface area contributed by atoms with Crippen LogP contribution in [0.1, 0.15) is 11.4 Å². The predicted molar refractivity (Wildman–Crippen MR) is 50.8 cm³/mol. The maximum Gasteiger partial charge on any atom is 0.0858 e. The van der Waals surface area contributed by atoms with Crippen molar-refractivity contribution in [2.75, 3.05) is 0 Å². The molecule has 0 atom stereocenters. The Balaban J connectivity index is 2.53. The first-order valence-electron chi connectivity index (χ1n) is 4.21. The van der Waals surface area contributed by atoms with E-state index in [0.29, 0.717) is 0 Å². The Morgan fingerprint density at radius 1 is 1.23 bits per heavy atom. The quantitative estimate of drug-likeness (QED) is 0.659. The van der Waals surface area contributed by atoms with Crippen LogP contribution >= 0.6 is 0 Å². The molecule has 3 nitrogen and oxygen atoms in total. The zero-order valence-electron chi connectivity index (χ0n) is 7.73. The van der Waals surface area contributed by atoms with Gasteiger partial charge in [-0.25, -0.2) is 4.68 Å². The third-order valence-electron chi connectivity index (χ3n) is 1.95. The molecule has 0 saturated carbocycles. The van der Waals surface area contributed by atoms with Gasteiger partial charge in [-0.3, -0.25) is 4.98 Å². The van der Waals surface area contributed by atoms with Gasteiger partial charge in [0.1, 0.15) is 0 Å². The lowest BCUT2D eigenvalue weighted by atomic mass is 10.3. The molecule has 0 aliphatic rings. The molecule has 0 unspecified atom stereocenters. The van der Waals surface area contributed by atoms with Crippen molar-refractivity contribution in [2.45, 2.75) is 13.8 Å². The second-order valence-corrected chi connectivity index (χ2v) is 3.01. The van der Waals surface area contributed by atoms with Crippen LogP contribution in [0.15, 0.2) is 30.6 Å². The molecule has 0 bridgehead atoms. The molecule has 66 valence electrons. The molecule has 0 spiro atoms. The van der Waals surface area contributed by atoms with E-state index >= 15 is 0 Å². The van der Waals surface area contributed by atoms with E-state index in [1.54, 1.807) is 6.20 Å². The van der Waals surface area contributed by atoms with Crippen molar-refractivity contribution >= 4 is 0 Å². The van der Waals surface area contributed by atoms with Crippen molar-refractivity contribution in [3.8, 4) is 5.69 Å². The molecule has 2 aromatic heterocycles. The zero-order chi connectivity index (χ0) is 9.26. The van der Waals surface area contributed by atoms with Crippen molar-refractivity contribution < 1.29 is 0 Å². The average Bonchev–Trinajstić information content (AvgIpc) is 2.56. The standard InChI is InChI=1S/C10H11N3/c1-8-4-5-10(9(2)12-8)13-7-3-6-11-13/h3-7H,1-2H3. The van der Waals surface area contributed by atoms with Crippen LogP contribution in [-0.4, -0.2) is 14.8 Å². The molecular formula is C10H11N3. The molecular weight excluding hydrogens is 162 g/mol. The summed E-state index contributed by atoms with van der Waals surface area (Å²) in [6, 6.07) is 5.92. The van der Waals surface area contributed by atoms with Crippen LogP contribution < -0.4 is 0 Å². The van der Waals surface area contributed by atoms with Gasteiger partial charge in [0.05, 0.1) is 11.4 Å². The maximum atomic E-state index is 4.37. The highest BCUT2D eigenvalue weighted by molar-refractivity contribution is 5.35. The van der Waals surface area contributed by atoms with Crippen LogP contribution in [0.2, 0.25) is 0 Å². The van der Waals surface area contributed by atoms with E-state index in [9.17, 15) is 0 Å². The van der Waals surface area contributed by atoms with Gasteiger partial charge in [-0.15, -0.1) is 0 Å². The zero-order valence-corrected chi connectivity index (χ0v) is 7.73. The van der Waals surface area contributed by atoms with Crippen molar-refractivity contribution in [3.63, 3.8) is 0 Å². The first-order chi connectivity index (χ1) is 6.27. The van der Waals surface area contributed by atoms with Gasteiger partial charge < -0.3 is 0 Å². The fraction of sp³-hybridized carbons (Fsp3) is 0.200. The number of hydrogen-bond donors (Lipinski definition) is 0. The highest BCUT2D eigenvalue weighted by atomic mass is 15.3. The maximum absolute atomic E-state index is 4.37. The Morgan fingerprint density at radius 2 is 2.08 bits per heavy atom. The summed E-state index contributed by atoms with van der Waals surface area (Å²) in [5.74, 6) is 0. The van der Waals surface area contributed by atoms with Gasteiger partial charge in [0.25, 0.3) is 0 Å². The monoisotopic (exact) mass is 173 g/mol. The van der Waals surface area contributed by atoms with Gasteiger partial charge in [0, 0.05) is 18.1 Å². The van der Waals surface area contributed by atoms with E-state index in [4.69, 9.17) is 0 Å². The van der Waals surface area contributed by atoms with Crippen LogP contribution in [0.25, 0.3) is 5.69 Å². The fourth-order valence-corrected chi connectivity index (χ4v) is 1.33. The normalized spacial score (nSPS) is 10.3. The molecule has 0 radical (unpaired) electrons. The number of rotatable bonds is 1. The van der Waals surface area contributed by atoms with Crippen LogP contribution in [0.4, 0.5) is 0 Å². The van der Waals surface area contributed by atoms with Crippen molar-refractivity contribution in [1.29, 1.82) is 0 Å². The topological polar surface area (TPSA) is 30.7 Å². The molecule has 0 aromatic carbocycles. The first kappa shape index (κ1) is 7.98. The fourth-order valence-electron chi connectivity index (χ4n) is 1.33. The summed E-state index contributed by atoms with van der Waals surface area (Å²) in [7, 11) is 0. The SMILES string of the molecule is Cc1ccc(-n2cccn2)c(C)n1. The largest absolute Gasteiger partial charge is 0.256 e. The molecule has 0 saturated heterocycles.